The minimum Gasteiger partial charge on any atom is -0.257 e. The van der Waals surface area contributed by atoms with Crippen molar-refractivity contribution in [1.82, 2.24) is 4.98 Å². The van der Waals surface area contributed by atoms with Gasteiger partial charge in [-0.2, -0.15) is 0 Å². The summed E-state index contributed by atoms with van der Waals surface area (Å²) in [5, 5.41) is 0. The fraction of sp³-hybridized carbons (Fsp3) is 0.188. The molecular weight excluding hydrogens is 206 g/mol. The molecule has 0 N–H and O–H groups in total. The van der Waals surface area contributed by atoms with Crippen molar-refractivity contribution in [3.63, 3.8) is 0 Å². The molecule has 0 unspecified atom stereocenters. The molecule has 1 aliphatic carbocycles. The number of aromatic nitrogens is 1. The van der Waals surface area contributed by atoms with Crippen molar-refractivity contribution in [3.05, 3.63) is 71.6 Å². The van der Waals surface area contributed by atoms with Gasteiger partial charge in [0.05, 0.1) is 5.69 Å². The average Bonchev–Trinajstić information content (AvgIpc) is 2.62. The first-order valence-electron chi connectivity index (χ1n) is 6.05. The number of hydrogen-bond donors (Lipinski definition) is 0. The summed E-state index contributed by atoms with van der Waals surface area (Å²) in [6, 6.07) is 5.94. The summed E-state index contributed by atoms with van der Waals surface area (Å²) in [5.74, 6) is 0. The molecule has 0 amide bonds. The van der Waals surface area contributed by atoms with E-state index in [2.05, 4.69) is 42.3 Å². The Hall–Kier alpha value is -1.89. The Morgan fingerprint density at radius 3 is 2.88 bits per heavy atom. The summed E-state index contributed by atoms with van der Waals surface area (Å²) in [4.78, 5) is 4.27. The Morgan fingerprint density at radius 2 is 2.12 bits per heavy atom. The second-order valence-corrected chi connectivity index (χ2v) is 3.99. The number of rotatable bonds is 3. The van der Waals surface area contributed by atoms with Crippen molar-refractivity contribution in [2.45, 2.75) is 19.8 Å². The summed E-state index contributed by atoms with van der Waals surface area (Å²) in [6.45, 7) is 2.19. The number of allylic oxidation sites excluding steroid dienone is 7. The number of hydrogen-bond acceptors (Lipinski definition) is 1. The molecule has 86 valence electrons. The van der Waals surface area contributed by atoms with Gasteiger partial charge in [-0.25, -0.2) is 0 Å². The lowest BCUT2D eigenvalue weighted by molar-refractivity contribution is 1.13. The molecule has 1 aromatic rings. The molecule has 0 aromatic carbocycles. The lowest BCUT2D eigenvalue weighted by Crippen LogP contribution is -1.77. The van der Waals surface area contributed by atoms with Gasteiger partial charge in [0, 0.05) is 6.20 Å². The van der Waals surface area contributed by atoms with Gasteiger partial charge in [-0.3, -0.25) is 4.98 Å². The predicted molar refractivity (Wildman–Crippen MR) is 73.5 cm³/mol. The van der Waals surface area contributed by atoms with Crippen LogP contribution in [0.25, 0.3) is 6.08 Å². The molecule has 1 heterocycles. The molecule has 17 heavy (non-hydrogen) atoms. The highest BCUT2D eigenvalue weighted by Crippen LogP contribution is 2.14. The first-order chi connectivity index (χ1) is 8.38. The van der Waals surface area contributed by atoms with Crippen LogP contribution in [0.1, 0.15) is 25.5 Å². The Bertz CT molecular complexity index is 476. The van der Waals surface area contributed by atoms with E-state index in [0.29, 0.717) is 0 Å². The maximum absolute atomic E-state index is 4.27. The molecule has 1 heteroatoms. The van der Waals surface area contributed by atoms with Crippen molar-refractivity contribution in [1.29, 1.82) is 0 Å². The van der Waals surface area contributed by atoms with E-state index >= 15 is 0 Å². The summed E-state index contributed by atoms with van der Waals surface area (Å²) >= 11 is 0. The van der Waals surface area contributed by atoms with Gasteiger partial charge >= 0.3 is 0 Å². The third-order valence-corrected chi connectivity index (χ3v) is 2.77. The molecule has 0 aliphatic heterocycles. The molecule has 1 nitrogen and oxygen atoms in total. The summed E-state index contributed by atoms with van der Waals surface area (Å²) < 4.78 is 0. The molecule has 0 fully saturated rings. The van der Waals surface area contributed by atoms with Gasteiger partial charge in [-0.15, -0.1) is 0 Å². The van der Waals surface area contributed by atoms with Gasteiger partial charge in [0.2, 0.25) is 0 Å². The molecule has 0 bridgehead atoms. The second-order valence-electron chi connectivity index (χ2n) is 3.99. The first-order valence-corrected chi connectivity index (χ1v) is 6.05. The van der Waals surface area contributed by atoms with Gasteiger partial charge < -0.3 is 0 Å². The molecule has 1 aromatic heterocycles. The monoisotopic (exact) mass is 223 g/mol. The molecule has 0 spiro atoms. The highest BCUT2D eigenvalue weighted by Gasteiger charge is 1.94. The van der Waals surface area contributed by atoms with E-state index < -0.39 is 0 Å². The van der Waals surface area contributed by atoms with E-state index in [1.807, 2.05) is 30.5 Å². The summed E-state index contributed by atoms with van der Waals surface area (Å²) in [7, 11) is 0. The van der Waals surface area contributed by atoms with Gasteiger partial charge in [0.1, 0.15) is 0 Å². The van der Waals surface area contributed by atoms with Gasteiger partial charge in [-0.1, -0.05) is 48.9 Å². The van der Waals surface area contributed by atoms with Gasteiger partial charge in [-0.05, 0) is 36.6 Å². The van der Waals surface area contributed by atoms with E-state index in [4.69, 9.17) is 0 Å². The van der Waals surface area contributed by atoms with E-state index in [1.165, 1.54) is 11.1 Å². The van der Waals surface area contributed by atoms with Crippen molar-refractivity contribution in [2.24, 2.45) is 0 Å². The summed E-state index contributed by atoms with van der Waals surface area (Å²) in [5.41, 5.74) is 3.65. The first kappa shape index (κ1) is 11.6. The number of nitrogens with zero attached hydrogens (tertiary/aromatic N) is 1. The Labute approximate surface area is 103 Å². The fourth-order valence-corrected chi connectivity index (χ4v) is 1.73. The van der Waals surface area contributed by atoms with E-state index in [-0.39, 0.29) is 0 Å². The van der Waals surface area contributed by atoms with E-state index in [9.17, 15) is 0 Å². The van der Waals surface area contributed by atoms with Gasteiger partial charge in [0.25, 0.3) is 0 Å². The highest BCUT2D eigenvalue weighted by atomic mass is 14.6. The van der Waals surface area contributed by atoms with Crippen LogP contribution in [0.2, 0.25) is 0 Å². The molecule has 0 radical (unpaired) electrons. The van der Waals surface area contributed by atoms with Crippen LogP contribution in [0.15, 0.2) is 65.9 Å². The zero-order valence-corrected chi connectivity index (χ0v) is 10.1. The van der Waals surface area contributed by atoms with Crippen LogP contribution in [0.3, 0.4) is 0 Å². The Balaban J connectivity index is 2.06. The van der Waals surface area contributed by atoms with Crippen molar-refractivity contribution in [3.8, 4) is 0 Å². The number of pyridine rings is 1. The maximum atomic E-state index is 4.27. The normalized spacial score (nSPS) is 15.6. The Kier molecular flexibility index (Phi) is 4.09. The van der Waals surface area contributed by atoms with Gasteiger partial charge in [0.15, 0.2) is 0 Å². The van der Waals surface area contributed by atoms with Crippen LogP contribution in [0.5, 0.6) is 0 Å². The predicted octanol–water partition coefficient (Wildman–Crippen LogP) is 4.32. The minimum atomic E-state index is 0.995. The highest BCUT2D eigenvalue weighted by molar-refractivity contribution is 5.52. The third-order valence-electron chi connectivity index (χ3n) is 2.77. The van der Waals surface area contributed by atoms with Crippen LogP contribution >= 0.6 is 0 Å². The molecule has 0 atom stereocenters. The fourth-order valence-electron chi connectivity index (χ4n) is 1.73. The zero-order valence-electron chi connectivity index (χ0n) is 10.1. The minimum absolute atomic E-state index is 0.995. The zero-order chi connectivity index (χ0) is 11.9. The third kappa shape index (κ3) is 3.56. The van der Waals surface area contributed by atoms with E-state index in [0.717, 1.165) is 18.5 Å². The lowest BCUT2D eigenvalue weighted by Gasteiger charge is -1.93. The SMILES string of the molecule is CCC1=CCC=C(/C=C/c2ccccn2)C=C1. The van der Waals surface area contributed by atoms with Crippen molar-refractivity contribution >= 4 is 6.08 Å². The lowest BCUT2D eigenvalue weighted by atomic mass is 10.1. The van der Waals surface area contributed by atoms with Crippen molar-refractivity contribution in [2.75, 3.05) is 0 Å². The van der Waals surface area contributed by atoms with E-state index in [1.54, 1.807) is 0 Å². The van der Waals surface area contributed by atoms with Crippen LogP contribution in [-0.2, 0) is 0 Å². The van der Waals surface area contributed by atoms with Crippen molar-refractivity contribution < 1.29 is 0 Å². The van der Waals surface area contributed by atoms with Crippen LogP contribution in [0.4, 0.5) is 0 Å². The van der Waals surface area contributed by atoms with Crippen LogP contribution in [-0.4, -0.2) is 4.98 Å². The van der Waals surface area contributed by atoms with Crippen LogP contribution in [0, 0.1) is 0 Å². The smallest absolute Gasteiger partial charge is 0.0629 e. The topological polar surface area (TPSA) is 12.9 Å². The molecule has 1 aliphatic rings. The standard InChI is InChI=1S/C16H17N/c1-2-14-6-5-7-15(10-9-14)11-12-16-8-3-4-13-17-16/h3-4,6-13H,2,5H2,1H3/b12-11+. The maximum Gasteiger partial charge on any atom is 0.0629 e. The molecule has 0 saturated heterocycles. The molecule has 0 saturated carbocycles. The summed E-state index contributed by atoms with van der Waals surface area (Å²) in [6.07, 6.45) is 17.0. The average molecular weight is 223 g/mol. The largest absolute Gasteiger partial charge is 0.257 e. The molecule has 2 rings (SSSR count). The van der Waals surface area contributed by atoms with Crippen LogP contribution < -0.4 is 0 Å². The Morgan fingerprint density at radius 1 is 1.18 bits per heavy atom. The second kappa shape index (κ2) is 6.00. The quantitative estimate of drug-likeness (QED) is 0.743. The molecular formula is C16H17N.